The molecule has 0 heterocycles. The molecule has 0 atom stereocenters. The third-order valence-corrected chi connectivity index (χ3v) is 2.64. The molecule has 1 rings (SSSR count). The SMILES string of the molecule is Cc1ccc(S(N)(=O)=O)c(C(=O)O)c1. The summed E-state index contributed by atoms with van der Waals surface area (Å²) in [5, 5.41) is 13.6. The van der Waals surface area contributed by atoms with Crippen molar-refractivity contribution in [3.63, 3.8) is 0 Å². The van der Waals surface area contributed by atoms with E-state index in [4.69, 9.17) is 10.2 Å². The molecule has 6 heteroatoms. The number of nitrogens with two attached hydrogens (primary N) is 1. The average Bonchev–Trinajstić information content (AvgIpc) is 2.01. The number of primary sulfonamides is 1. The number of aryl methyl sites for hydroxylation is 1. The molecular formula is C8H9NO4S. The molecule has 3 N–H and O–H groups in total. The lowest BCUT2D eigenvalue weighted by Gasteiger charge is -2.03. The van der Waals surface area contributed by atoms with Crippen molar-refractivity contribution in [1.29, 1.82) is 0 Å². The van der Waals surface area contributed by atoms with Gasteiger partial charge in [-0.15, -0.1) is 0 Å². The van der Waals surface area contributed by atoms with Crippen molar-refractivity contribution >= 4 is 16.0 Å². The molecule has 0 bridgehead atoms. The van der Waals surface area contributed by atoms with Gasteiger partial charge in [0.15, 0.2) is 0 Å². The zero-order valence-electron chi connectivity index (χ0n) is 7.39. The molecule has 1 aromatic carbocycles. The molecule has 14 heavy (non-hydrogen) atoms. The molecule has 0 saturated carbocycles. The Morgan fingerprint density at radius 1 is 1.43 bits per heavy atom. The summed E-state index contributed by atoms with van der Waals surface area (Å²) in [6.07, 6.45) is 0. The molecule has 0 unspecified atom stereocenters. The number of carboxylic acids is 1. The van der Waals surface area contributed by atoms with E-state index in [2.05, 4.69) is 0 Å². The molecule has 76 valence electrons. The molecule has 0 aliphatic rings. The Kier molecular flexibility index (Phi) is 2.59. The largest absolute Gasteiger partial charge is 0.478 e. The Hall–Kier alpha value is -1.40. The Balaban J connectivity index is 3.53. The van der Waals surface area contributed by atoms with Gasteiger partial charge in [-0.2, -0.15) is 0 Å². The van der Waals surface area contributed by atoms with E-state index in [1.807, 2.05) is 0 Å². The van der Waals surface area contributed by atoms with Crippen LogP contribution in [0.15, 0.2) is 23.1 Å². The minimum absolute atomic E-state index is 0.299. The number of carboxylic acid groups (broad SMARTS) is 1. The molecule has 0 radical (unpaired) electrons. The molecule has 5 nitrogen and oxygen atoms in total. The van der Waals surface area contributed by atoms with Crippen LogP contribution in [0.5, 0.6) is 0 Å². The van der Waals surface area contributed by atoms with Crippen LogP contribution in [0, 0.1) is 6.92 Å². The van der Waals surface area contributed by atoms with Crippen LogP contribution in [0.1, 0.15) is 15.9 Å². The lowest BCUT2D eigenvalue weighted by atomic mass is 10.1. The van der Waals surface area contributed by atoms with Crippen molar-refractivity contribution in [1.82, 2.24) is 0 Å². The van der Waals surface area contributed by atoms with E-state index in [0.29, 0.717) is 5.56 Å². The number of carbonyl (C=O) groups is 1. The maximum Gasteiger partial charge on any atom is 0.337 e. The molecule has 0 aliphatic heterocycles. The Morgan fingerprint density at radius 3 is 2.43 bits per heavy atom. The summed E-state index contributed by atoms with van der Waals surface area (Å²) in [6, 6.07) is 3.95. The summed E-state index contributed by atoms with van der Waals surface area (Å²) in [6.45, 7) is 1.67. The molecular weight excluding hydrogens is 206 g/mol. The van der Waals surface area contributed by atoms with Gasteiger partial charge >= 0.3 is 5.97 Å². The van der Waals surface area contributed by atoms with Gasteiger partial charge in [0, 0.05) is 0 Å². The summed E-state index contributed by atoms with van der Waals surface area (Å²) < 4.78 is 22.0. The lowest BCUT2D eigenvalue weighted by molar-refractivity contribution is 0.0692. The molecule has 1 aromatic rings. The number of hydrogen-bond acceptors (Lipinski definition) is 3. The van der Waals surface area contributed by atoms with Crippen molar-refractivity contribution < 1.29 is 18.3 Å². The predicted molar refractivity (Wildman–Crippen MR) is 49.5 cm³/mol. The van der Waals surface area contributed by atoms with Crippen LogP contribution in [-0.2, 0) is 10.0 Å². The number of rotatable bonds is 2. The first-order valence-corrected chi connectivity index (χ1v) is 5.24. The summed E-state index contributed by atoms with van der Waals surface area (Å²) in [5.74, 6) is -1.31. The third-order valence-electron chi connectivity index (χ3n) is 1.67. The fourth-order valence-electron chi connectivity index (χ4n) is 1.06. The van der Waals surface area contributed by atoms with Crippen molar-refractivity contribution in [2.75, 3.05) is 0 Å². The van der Waals surface area contributed by atoms with E-state index in [1.165, 1.54) is 18.2 Å². The first kappa shape index (κ1) is 10.7. The van der Waals surface area contributed by atoms with E-state index < -0.39 is 16.0 Å². The number of hydrogen-bond donors (Lipinski definition) is 2. The maximum absolute atomic E-state index is 11.0. The zero-order chi connectivity index (χ0) is 10.9. The minimum Gasteiger partial charge on any atom is -0.478 e. The molecule has 0 aromatic heterocycles. The molecule has 0 amide bonds. The Bertz CT molecular complexity index is 478. The van der Waals surface area contributed by atoms with Crippen LogP contribution in [0.4, 0.5) is 0 Å². The van der Waals surface area contributed by atoms with E-state index in [0.717, 1.165) is 0 Å². The van der Waals surface area contributed by atoms with Crippen molar-refractivity contribution in [3.8, 4) is 0 Å². The van der Waals surface area contributed by atoms with Gasteiger partial charge in [0.05, 0.1) is 10.5 Å². The predicted octanol–water partition coefficient (Wildman–Crippen LogP) is 0.341. The maximum atomic E-state index is 11.0. The highest BCUT2D eigenvalue weighted by molar-refractivity contribution is 7.89. The first-order chi connectivity index (χ1) is 6.32. The highest BCUT2D eigenvalue weighted by atomic mass is 32.2. The van der Waals surface area contributed by atoms with E-state index >= 15 is 0 Å². The summed E-state index contributed by atoms with van der Waals surface area (Å²) in [4.78, 5) is 10.3. The smallest absolute Gasteiger partial charge is 0.337 e. The molecule has 0 spiro atoms. The highest BCUT2D eigenvalue weighted by Gasteiger charge is 2.18. The second kappa shape index (κ2) is 3.39. The van der Waals surface area contributed by atoms with Crippen LogP contribution in [0.25, 0.3) is 0 Å². The minimum atomic E-state index is -3.98. The van der Waals surface area contributed by atoms with Gasteiger partial charge in [-0.25, -0.2) is 18.4 Å². The van der Waals surface area contributed by atoms with Crippen LogP contribution in [0.3, 0.4) is 0 Å². The normalized spacial score (nSPS) is 11.3. The van der Waals surface area contributed by atoms with Crippen LogP contribution >= 0.6 is 0 Å². The fourth-order valence-corrected chi connectivity index (χ4v) is 1.77. The summed E-state index contributed by atoms with van der Waals surface area (Å²) in [5.41, 5.74) is 0.363. The van der Waals surface area contributed by atoms with Gasteiger partial charge in [0.2, 0.25) is 10.0 Å². The number of benzene rings is 1. The third kappa shape index (κ3) is 2.09. The molecule has 0 fully saturated rings. The summed E-state index contributed by atoms with van der Waals surface area (Å²) >= 11 is 0. The van der Waals surface area contributed by atoms with Gasteiger partial charge < -0.3 is 5.11 Å². The van der Waals surface area contributed by atoms with E-state index in [9.17, 15) is 13.2 Å². The van der Waals surface area contributed by atoms with Gasteiger partial charge in [0.1, 0.15) is 0 Å². The van der Waals surface area contributed by atoms with E-state index in [1.54, 1.807) is 6.92 Å². The van der Waals surface area contributed by atoms with Gasteiger partial charge in [-0.3, -0.25) is 0 Å². The topological polar surface area (TPSA) is 97.5 Å². The van der Waals surface area contributed by atoms with Gasteiger partial charge in [0.25, 0.3) is 0 Å². The molecule has 0 saturated heterocycles. The Labute approximate surface area is 81.2 Å². The second-order valence-electron chi connectivity index (χ2n) is 2.85. The van der Waals surface area contributed by atoms with Gasteiger partial charge in [-0.1, -0.05) is 11.6 Å². The summed E-state index contributed by atoms with van der Waals surface area (Å²) in [7, 11) is -3.98. The van der Waals surface area contributed by atoms with Crippen LogP contribution in [0.2, 0.25) is 0 Å². The average molecular weight is 215 g/mol. The number of aromatic carboxylic acids is 1. The van der Waals surface area contributed by atoms with Crippen molar-refractivity contribution in [2.24, 2.45) is 5.14 Å². The highest BCUT2D eigenvalue weighted by Crippen LogP contribution is 2.15. The van der Waals surface area contributed by atoms with Crippen LogP contribution in [-0.4, -0.2) is 19.5 Å². The standard InChI is InChI=1S/C8H9NO4S/c1-5-2-3-7(14(9,12)13)6(4-5)8(10)11/h2-4H,1H3,(H,10,11)(H2,9,12,13). The fraction of sp³-hybridized carbons (Fsp3) is 0.125. The second-order valence-corrected chi connectivity index (χ2v) is 4.38. The quantitative estimate of drug-likeness (QED) is 0.743. The number of sulfonamides is 1. The van der Waals surface area contributed by atoms with E-state index in [-0.39, 0.29) is 10.5 Å². The van der Waals surface area contributed by atoms with Crippen molar-refractivity contribution in [2.45, 2.75) is 11.8 Å². The van der Waals surface area contributed by atoms with Crippen LogP contribution < -0.4 is 5.14 Å². The monoisotopic (exact) mass is 215 g/mol. The van der Waals surface area contributed by atoms with Gasteiger partial charge in [-0.05, 0) is 19.1 Å². The van der Waals surface area contributed by atoms with Crippen molar-refractivity contribution in [3.05, 3.63) is 29.3 Å². The zero-order valence-corrected chi connectivity index (χ0v) is 8.21. The lowest BCUT2D eigenvalue weighted by Crippen LogP contribution is -2.16. The molecule has 0 aliphatic carbocycles. The first-order valence-electron chi connectivity index (χ1n) is 3.69. The Morgan fingerprint density at radius 2 is 2.00 bits per heavy atom.